The minimum atomic E-state index is 0.585. The van der Waals surface area contributed by atoms with Gasteiger partial charge in [0.1, 0.15) is 0 Å². The Labute approximate surface area is 103 Å². The molecular weight excluding hydrogens is 216 g/mol. The van der Waals surface area contributed by atoms with Gasteiger partial charge >= 0.3 is 0 Å². The first-order valence-corrected chi connectivity index (χ1v) is 6.02. The summed E-state index contributed by atoms with van der Waals surface area (Å²) in [7, 11) is 5.63. The van der Waals surface area contributed by atoms with Crippen LogP contribution in [0.2, 0.25) is 0 Å². The molecule has 0 bridgehead atoms. The maximum Gasteiger partial charge on any atom is 0.231 e. The molecule has 0 aliphatic heterocycles. The quantitative estimate of drug-likeness (QED) is 0.703. The first kappa shape index (κ1) is 13.5. The second-order valence-electron chi connectivity index (χ2n) is 4.06. The van der Waals surface area contributed by atoms with Crippen molar-refractivity contribution in [3.05, 3.63) is 0 Å². The predicted octanol–water partition coefficient (Wildman–Crippen LogP) is 1.58. The fraction of sp³-hybridized carbons (Fsp3) is 0.727. The van der Waals surface area contributed by atoms with Gasteiger partial charge in [-0.05, 0) is 6.42 Å². The average molecular weight is 238 g/mol. The molecule has 1 aromatic rings. The standard InChI is InChI=1S/C11H22N6/c1-5-6-7-8-13-10-14-9(12-2)15-11(16-10)17(3)4/h5-8H2,1-4H3,(H2,12,13,14,15,16). The van der Waals surface area contributed by atoms with Gasteiger partial charge < -0.3 is 15.5 Å². The molecule has 0 fully saturated rings. The molecule has 6 heteroatoms. The first-order chi connectivity index (χ1) is 8.17. The monoisotopic (exact) mass is 238 g/mol. The van der Waals surface area contributed by atoms with Gasteiger partial charge in [-0.15, -0.1) is 0 Å². The van der Waals surface area contributed by atoms with Crippen molar-refractivity contribution in [1.29, 1.82) is 0 Å². The molecule has 0 aliphatic rings. The molecule has 1 aromatic heterocycles. The number of nitrogens with one attached hydrogen (secondary N) is 2. The molecule has 1 heterocycles. The van der Waals surface area contributed by atoms with Gasteiger partial charge in [-0.2, -0.15) is 15.0 Å². The molecule has 0 amide bonds. The second-order valence-corrected chi connectivity index (χ2v) is 4.06. The van der Waals surface area contributed by atoms with Gasteiger partial charge in [0.05, 0.1) is 0 Å². The van der Waals surface area contributed by atoms with E-state index in [1.54, 1.807) is 7.05 Å². The van der Waals surface area contributed by atoms with E-state index in [1.807, 2.05) is 19.0 Å². The number of anilines is 3. The summed E-state index contributed by atoms with van der Waals surface area (Å²) in [5, 5.41) is 6.16. The fourth-order valence-electron chi connectivity index (χ4n) is 1.33. The van der Waals surface area contributed by atoms with Gasteiger partial charge in [0.2, 0.25) is 17.8 Å². The Kier molecular flexibility index (Phi) is 5.45. The molecular formula is C11H22N6. The van der Waals surface area contributed by atoms with Crippen molar-refractivity contribution in [3.63, 3.8) is 0 Å². The molecule has 0 aromatic carbocycles. The number of hydrogen-bond acceptors (Lipinski definition) is 6. The van der Waals surface area contributed by atoms with E-state index in [4.69, 9.17) is 0 Å². The molecule has 0 saturated heterocycles. The summed E-state index contributed by atoms with van der Waals surface area (Å²) >= 11 is 0. The third kappa shape index (κ3) is 4.42. The summed E-state index contributed by atoms with van der Waals surface area (Å²) in [4.78, 5) is 14.7. The topological polar surface area (TPSA) is 66.0 Å². The van der Waals surface area contributed by atoms with Crippen LogP contribution in [0.4, 0.5) is 17.8 Å². The smallest absolute Gasteiger partial charge is 0.231 e. The normalized spacial score (nSPS) is 10.1. The van der Waals surface area contributed by atoms with Crippen LogP contribution < -0.4 is 15.5 Å². The molecule has 0 atom stereocenters. The first-order valence-electron chi connectivity index (χ1n) is 6.02. The summed E-state index contributed by atoms with van der Waals surface area (Å²) in [6, 6.07) is 0. The van der Waals surface area contributed by atoms with Crippen LogP contribution in [0.5, 0.6) is 0 Å². The zero-order chi connectivity index (χ0) is 12.7. The maximum absolute atomic E-state index is 4.33. The molecule has 0 aliphatic carbocycles. The maximum atomic E-state index is 4.33. The highest BCUT2D eigenvalue weighted by Crippen LogP contribution is 2.10. The minimum absolute atomic E-state index is 0.585. The number of nitrogens with zero attached hydrogens (tertiary/aromatic N) is 4. The van der Waals surface area contributed by atoms with Crippen LogP contribution >= 0.6 is 0 Å². The highest BCUT2D eigenvalue weighted by molar-refractivity contribution is 5.42. The summed E-state index contributed by atoms with van der Waals surface area (Å²) < 4.78 is 0. The Morgan fingerprint density at radius 2 is 1.76 bits per heavy atom. The van der Waals surface area contributed by atoms with E-state index < -0.39 is 0 Å². The van der Waals surface area contributed by atoms with Crippen LogP contribution in [0.25, 0.3) is 0 Å². The van der Waals surface area contributed by atoms with E-state index in [1.165, 1.54) is 12.8 Å². The van der Waals surface area contributed by atoms with Crippen molar-refractivity contribution in [3.8, 4) is 0 Å². The molecule has 0 saturated carbocycles. The van der Waals surface area contributed by atoms with Crippen molar-refractivity contribution in [1.82, 2.24) is 15.0 Å². The summed E-state index contributed by atoms with van der Waals surface area (Å²) in [6.07, 6.45) is 3.56. The summed E-state index contributed by atoms with van der Waals surface area (Å²) in [5.74, 6) is 1.87. The number of unbranched alkanes of at least 4 members (excludes halogenated alkanes) is 2. The Bertz CT molecular complexity index is 339. The van der Waals surface area contributed by atoms with E-state index in [-0.39, 0.29) is 0 Å². The highest BCUT2D eigenvalue weighted by Gasteiger charge is 2.06. The number of rotatable bonds is 7. The zero-order valence-electron chi connectivity index (χ0n) is 11.1. The molecule has 1 rings (SSSR count). The van der Waals surface area contributed by atoms with Crippen LogP contribution in [-0.2, 0) is 0 Å². The van der Waals surface area contributed by atoms with Gasteiger partial charge in [0.25, 0.3) is 0 Å². The van der Waals surface area contributed by atoms with Gasteiger partial charge in [-0.25, -0.2) is 0 Å². The Morgan fingerprint density at radius 1 is 1.06 bits per heavy atom. The average Bonchev–Trinajstić information content (AvgIpc) is 2.34. The van der Waals surface area contributed by atoms with Crippen molar-refractivity contribution >= 4 is 17.8 Å². The second kappa shape index (κ2) is 6.88. The van der Waals surface area contributed by atoms with Gasteiger partial charge in [-0.1, -0.05) is 19.8 Å². The molecule has 6 nitrogen and oxygen atoms in total. The van der Waals surface area contributed by atoms with Gasteiger partial charge in [-0.3, -0.25) is 0 Å². The molecule has 17 heavy (non-hydrogen) atoms. The van der Waals surface area contributed by atoms with E-state index >= 15 is 0 Å². The summed E-state index contributed by atoms with van der Waals surface area (Å²) in [5.41, 5.74) is 0. The Morgan fingerprint density at radius 3 is 2.35 bits per heavy atom. The van der Waals surface area contributed by atoms with Crippen molar-refractivity contribution in [2.45, 2.75) is 26.2 Å². The molecule has 0 spiro atoms. The predicted molar refractivity (Wildman–Crippen MR) is 71.7 cm³/mol. The highest BCUT2D eigenvalue weighted by atomic mass is 15.3. The van der Waals surface area contributed by atoms with E-state index in [0.29, 0.717) is 17.8 Å². The molecule has 2 N–H and O–H groups in total. The van der Waals surface area contributed by atoms with Gasteiger partial charge in [0.15, 0.2) is 0 Å². The van der Waals surface area contributed by atoms with Gasteiger partial charge in [0, 0.05) is 27.7 Å². The lowest BCUT2D eigenvalue weighted by Crippen LogP contribution is -2.16. The number of aromatic nitrogens is 3. The van der Waals surface area contributed by atoms with Crippen LogP contribution in [-0.4, -0.2) is 42.6 Å². The largest absolute Gasteiger partial charge is 0.357 e. The van der Waals surface area contributed by atoms with Crippen molar-refractivity contribution < 1.29 is 0 Å². The Hall–Kier alpha value is -1.59. The minimum Gasteiger partial charge on any atom is -0.357 e. The fourth-order valence-corrected chi connectivity index (χ4v) is 1.33. The molecule has 0 unspecified atom stereocenters. The lowest BCUT2D eigenvalue weighted by Gasteiger charge is -2.13. The van der Waals surface area contributed by atoms with Crippen LogP contribution in [0.3, 0.4) is 0 Å². The molecule has 96 valence electrons. The van der Waals surface area contributed by atoms with E-state index in [9.17, 15) is 0 Å². The van der Waals surface area contributed by atoms with E-state index in [2.05, 4.69) is 32.5 Å². The van der Waals surface area contributed by atoms with Crippen molar-refractivity contribution in [2.75, 3.05) is 43.2 Å². The van der Waals surface area contributed by atoms with Crippen molar-refractivity contribution in [2.24, 2.45) is 0 Å². The van der Waals surface area contributed by atoms with E-state index in [0.717, 1.165) is 13.0 Å². The number of hydrogen-bond donors (Lipinski definition) is 2. The SMILES string of the molecule is CCCCCNc1nc(NC)nc(N(C)C)n1. The van der Waals surface area contributed by atoms with Crippen LogP contribution in [0.1, 0.15) is 26.2 Å². The molecule has 0 radical (unpaired) electrons. The van der Waals surface area contributed by atoms with Crippen LogP contribution in [0.15, 0.2) is 0 Å². The Balaban J connectivity index is 2.66. The van der Waals surface area contributed by atoms with Crippen LogP contribution in [0, 0.1) is 0 Å². The lowest BCUT2D eigenvalue weighted by atomic mass is 10.2. The summed E-state index contributed by atoms with van der Waals surface area (Å²) in [6.45, 7) is 3.08. The zero-order valence-corrected chi connectivity index (χ0v) is 11.1. The third-order valence-electron chi connectivity index (χ3n) is 2.31. The lowest BCUT2D eigenvalue weighted by molar-refractivity contribution is 0.739. The third-order valence-corrected chi connectivity index (χ3v) is 2.31.